The minimum atomic E-state index is -0.622. The average molecular weight is 498 g/mol. The molecule has 0 spiro atoms. The van der Waals surface area contributed by atoms with Crippen molar-refractivity contribution in [3.63, 3.8) is 0 Å². The molecule has 1 aliphatic rings. The van der Waals surface area contributed by atoms with Gasteiger partial charge in [-0.05, 0) is 72.4 Å². The predicted molar refractivity (Wildman–Crippen MR) is 140 cm³/mol. The molecule has 2 amide bonds. The Balaban J connectivity index is 1.82. The van der Waals surface area contributed by atoms with Gasteiger partial charge in [0.15, 0.2) is 11.6 Å². The summed E-state index contributed by atoms with van der Waals surface area (Å²) in [7, 11) is 1.23. The summed E-state index contributed by atoms with van der Waals surface area (Å²) >= 11 is 0. The summed E-state index contributed by atoms with van der Waals surface area (Å²) in [5, 5.41) is 0. The monoisotopic (exact) mass is 497 g/mol. The van der Waals surface area contributed by atoms with Gasteiger partial charge >= 0.3 is 5.97 Å². The summed E-state index contributed by atoms with van der Waals surface area (Å²) in [6.45, 7) is 9.03. The van der Waals surface area contributed by atoms with Crippen LogP contribution >= 0.6 is 0 Å². The predicted octanol–water partition coefficient (Wildman–Crippen LogP) is 5.64. The lowest BCUT2D eigenvalue weighted by Gasteiger charge is -2.22. The second-order valence-corrected chi connectivity index (χ2v) is 10.1. The Morgan fingerprint density at radius 3 is 1.81 bits per heavy atom. The van der Waals surface area contributed by atoms with Crippen molar-refractivity contribution < 1.29 is 28.7 Å². The molecule has 0 bridgehead atoms. The number of nitrogens with zero attached hydrogens (tertiary/aromatic N) is 1. The van der Waals surface area contributed by atoms with E-state index in [4.69, 9.17) is 4.74 Å². The largest absolute Gasteiger partial charge is 0.465 e. The van der Waals surface area contributed by atoms with E-state index >= 15 is 0 Å². The van der Waals surface area contributed by atoms with E-state index in [9.17, 15) is 24.0 Å². The number of rotatable bonds is 5. The van der Waals surface area contributed by atoms with E-state index in [0.29, 0.717) is 16.7 Å². The van der Waals surface area contributed by atoms with Gasteiger partial charge in [-0.1, -0.05) is 39.0 Å². The van der Waals surface area contributed by atoms with Crippen LogP contribution in [0.15, 0.2) is 54.6 Å². The molecule has 0 aliphatic carbocycles. The van der Waals surface area contributed by atoms with Crippen molar-refractivity contribution in [3.8, 4) is 11.1 Å². The molecule has 0 unspecified atom stereocenters. The molecule has 188 valence electrons. The van der Waals surface area contributed by atoms with Crippen LogP contribution in [0.1, 0.15) is 92.0 Å². The van der Waals surface area contributed by atoms with Gasteiger partial charge in [0.25, 0.3) is 11.8 Å². The maximum absolute atomic E-state index is 13.2. The number of imide groups is 1. The van der Waals surface area contributed by atoms with Crippen LogP contribution in [0.25, 0.3) is 11.1 Å². The van der Waals surface area contributed by atoms with Gasteiger partial charge in [-0.3, -0.25) is 19.2 Å². The van der Waals surface area contributed by atoms with Crippen LogP contribution in [0, 0.1) is 0 Å². The minimum Gasteiger partial charge on any atom is -0.465 e. The zero-order valence-electron chi connectivity index (χ0n) is 21.6. The molecule has 0 radical (unpaired) electrons. The number of benzene rings is 3. The van der Waals surface area contributed by atoms with Crippen LogP contribution in [-0.2, 0) is 10.2 Å². The van der Waals surface area contributed by atoms with E-state index in [1.54, 1.807) is 12.1 Å². The van der Waals surface area contributed by atoms with Crippen molar-refractivity contribution in [2.24, 2.45) is 0 Å². The molecule has 3 aromatic carbocycles. The number of methoxy groups -OCH3 is 1. The molecule has 0 fully saturated rings. The molecule has 0 N–H and O–H groups in total. The Kier molecular flexibility index (Phi) is 6.42. The zero-order chi connectivity index (χ0) is 27.2. The molecule has 0 saturated heterocycles. The number of ether oxygens (including phenoxy) is 1. The quantitative estimate of drug-likeness (QED) is 0.257. The molecule has 7 nitrogen and oxygen atoms in total. The lowest BCUT2D eigenvalue weighted by atomic mass is 9.83. The lowest BCUT2D eigenvalue weighted by Crippen LogP contribution is -2.29. The van der Waals surface area contributed by atoms with Gasteiger partial charge in [0, 0.05) is 11.1 Å². The second kappa shape index (κ2) is 9.24. The number of carbonyl (C=O) groups excluding carboxylic acids is 5. The fourth-order valence-corrected chi connectivity index (χ4v) is 4.45. The second-order valence-electron chi connectivity index (χ2n) is 10.1. The fraction of sp³-hybridized carbons (Fsp3) is 0.233. The SMILES string of the molecule is COC(=O)c1ccc2c(c1)C(=O)N(c1ccc(-c3ccc(C(C)(C)C)cc3C(C)=O)c(C(C)=O)c1)C2=O. The van der Waals surface area contributed by atoms with E-state index in [-0.39, 0.29) is 44.9 Å². The third kappa shape index (κ3) is 4.48. The van der Waals surface area contributed by atoms with Gasteiger partial charge in [-0.2, -0.15) is 0 Å². The molecule has 37 heavy (non-hydrogen) atoms. The number of carbonyl (C=O) groups is 5. The van der Waals surface area contributed by atoms with Crippen molar-refractivity contribution >= 4 is 35.0 Å². The Hall–Kier alpha value is -4.39. The standard InChI is InChI=1S/C30H27NO6/c1-16(32)24-14-19(30(3,4)5)8-11-21(24)22-12-9-20(15-25(22)17(2)33)31-27(34)23-10-7-18(29(36)37-6)13-26(23)28(31)35/h7-15H,1-6H3. The first-order chi connectivity index (χ1) is 17.3. The summed E-state index contributed by atoms with van der Waals surface area (Å²) in [6.07, 6.45) is 0. The Morgan fingerprint density at radius 1 is 0.703 bits per heavy atom. The molecule has 1 heterocycles. The fourth-order valence-electron chi connectivity index (χ4n) is 4.45. The van der Waals surface area contributed by atoms with E-state index in [0.717, 1.165) is 10.5 Å². The molecule has 3 aromatic rings. The van der Waals surface area contributed by atoms with Crippen molar-refractivity contribution in [1.82, 2.24) is 0 Å². The number of ketones is 2. The molecule has 7 heteroatoms. The molecule has 4 rings (SSSR count). The van der Waals surface area contributed by atoms with Gasteiger partial charge in [-0.25, -0.2) is 9.69 Å². The highest BCUT2D eigenvalue weighted by atomic mass is 16.5. The summed E-state index contributed by atoms with van der Waals surface area (Å²) in [6, 6.07) is 14.5. The lowest BCUT2D eigenvalue weighted by molar-refractivity contribution is 0.0600. The highest BCUT2D eigenvalue weighted by molar-refractivity contribution is 6.35. The van der Waals surface area contributed by atoms with E-state index in [2.05, 4.69) is 20.8 Å². The maximum atomic E-state index is 13.2. The van der Waals surface area contributed by atoms with Gasteiger partial charge in [0.2, 0.25) is 0 Å². The van der Waals surface area contributed by atoms with Gasteiger partial charge in [-0.15, -0.1) is 0 Å². The molecule has 0 atom stereocenters. The van der Waals surface area contributed by atoms with Crippen LogP contribution in [0.2, 0.25) is 0 Å². The third-order valence-corrected chi connectivity index (χ3v) is 6.50. The topological polar surface area (TPSA) is 97.8 Å². The number of fused-ring (bicyclic) bond motifs is 1. The van der Waals surface area contributed by atoms with Crippen molar-refractivity contribution in [2.75, 3.05) is 12.0 Å². The van der Waals surface area contributed by atoms with E-state index in [1.807, 2.05) is 18.2 Å². The maximum Gasteiger partial charge on any atom is 0.337 e. The van der Waals surface area contributed by atoms with E-state index < -0.39 is 17.8 Å². The molecule has 0 saturated carbocycles. The summed E-state index contributed by atoms with van der Waals surface area (Å²) in [4.78, 5) is 64.5. The Morgan fingerprint density at radius 2 is 1.24 bits per heavy atom. The summed E-state index contributed by atoms with van der Waals surface area (Å²) in [5.41, 5.74) is 3.31. The summed E-state index contributed by atoms with van der Waals surface area (Å²) < 4.78 is 4.71. The average Bonchev–Trinajstić information content (AvgIpc) is 3.11. The first kappa shape index (κ1) is 25.7. The first-order valence-electron chi connectivity index (χ1n) is 11.8. The smallest absolute Gasteiger partial charge is 0.337 e. The number of anilines is 1. The summed E-state index contributed by atoms with van der Waals surface area (Å²) in [5.74, 6) is -2.20. The number of hydrogen-bond donors (Lipinski definition) is 0. The first-order valence-corrected chi connectivity index (χ1v) is 11.8. The van der Waals surface area contributed by atoms with Gasteiger partial charge in [0.1, 0.15) is 0 Å². The molecule has 0 aromatic heterocycles. The normalized spacial score (nSPS) is 13.0. The molecular weight excluding hydrogens is 470 g/mol. The van der Waals surface area contributed by atoms with Crippen LogP contribution in [0.5, 0.6) is 0 Å². The minimum absolute atomic E-state index is 0.0815. The van der Waals surface area contributed by atoms with Crippen LogP contribution in [0.3, 0.4) is 0 Å². The van der Waals surface area contributed by atoms with Crippen molar-refractivity contribution in [3.05, 3.63) is 88.0 Å². The van der Waals surface area contributed by atoms with Gasteiger partial charge in [0.05, 0.1) is 29.5 Å². The Labute approximate surface area is 215 Å². The van der Waals surface area contributed by atoms with Crippen LogP contribution in [-0.4, -0.2) is 36.5 Å². The highest BCUT2D eigenvalue weighted by Crippen LogP contribution is 2.36. The van der Waals surface area contributed by atoms with Crippen LogP contribution < -0.4 is 4.90 Å². The number of Topliss-reactive ketones (excluding diaryl/α,β-unsaturated/α-hetero) is 2. The molecular formula is C30H27NO6. The van der Waals surface area contributed by atoms with Crippen molar-refractivity contribution in [2.45, 2.75) is 40.0 Å². The highest BCUT2D eigenvalue weighted by Gasteiger charge is 2.37. The van der Waals surface area contributed by atoms with Crippen molar-refractivity contribution in [1.29, 1.82) is 0 Å². The third-order valence-electron chi connectivity index (χ3n) is 6.50. The van der Waals surface area contributed by atoms with Crippen LogP contribution in [0.4, 0.5) is 5.69 Å². The molecule has 1 aliphatic heterocycles. The number of amides is 2. The Bertz CT molecular complexity index is 1510. The number of esters is 1. The van der Waals surface area contributed by atoms with E-state index in [1.165, 1.54) is 45.2 Å². The zero-order valence-corrected chi connectivity index (χ0v) is 21.6. The van der Waals surface area contributed by atoms with Gasteiger partial charge < -0.3 is 4.74 Å². The number of hydrogen-bond acceptors (Lipinski definition) is 6.